The van der Waals surface area contributed by atoms with Gasteiger partial charge in [-0.2, -0.15) is 0 Å². The van der Waals surface area contributed by atoms with Crippen LogP contribution in [0.5, 0.6) is 0 Å². The Morgan fingerprint density at radius 2 is 1.17 bits per heavy atom. The summed E-state index contributed by atoms with van der Waals surface area (Å²) in [7, 11) is 1.31. The van der Waals surface area contributed by atoms with Gasteiger partial charge in [0.05, 0.1) is 35.1 Å². The van der Waals surface area contributed by atoms with Gasteiger partial charge in [-0.25, -0.2) is 24.4 Å². The van der Waals surface area contributed by atoms with Gasteiger partial charge in [0, 0.05) is 23.3 Å². The fourth-order valence-corrected chi connectivity index (χ4v) is 3.54. The van der Waals surface area contributed by atoms with Gasteiger partial charge in [0.25, 0.3) is 0 Å². The van der Waals surface area contributed by atoms with Crippen molar-refractivity contribution < 1.29 is 29.3 Å². The number of carboxylic acid groups (broad SMARTS) is 2. The van der Waals surface area contributed by atoms with E-state index in [4.69, 9.17) is 24.9 Å². The maximum atomic E-state index is 12.0. The normalized spacial score (nSPS) is 11.2. The van der Waals surface area contributed by atoms with Crippen molar-refractivity contribution in [3.63, 3.8) is 0 Å². The number of rotatable bonds is 7. The van der Waals surface area contributed by atoms with Crippen LogP contribution in [0.1, 0.15) is 21.5 Å². The summed E-state index contributed by atoms with van der Waals surface area (Å²) in [6.07, 6.45) is 5.11. The highest BCUT2D eigenvalue weighted by Crippen LogP contribution is 2.32. The van der Waals surface area contributed by atoms with Crippen molar-refractivity contribution in [1.82, 2.24) is 9.97 Å². The van der Waals surface area contributed by atoms with E-state index in [0.29, 0.717) is 39.1 Å². The van der Waals surface area contributed by atoms with E-state index >= 15 is 0 Å². The monoisotopic (exact) mass is 480 g/mol. The van der Waals surface area contributed by atoms with Crippen LogP contribution >= 0.6 is 0 Å². The highest BCUT2D eigenvalue weighted by atomic mass is 16.5. The van der Waals surface area contributed by atoms with Gasteiger partial charge in [-0.1, -0.05) is 48.5 Å². The molecule has 2 N–H and O–H groups in total. The Balaban J connectivity index is 1.84. The topological polar surface area (TPSA) is 127 Å². The van der Waals surface area contributed by atoms with E-state index in [0.717, 1.165) is 23.3 Å². The smallest absolute Gasteiger partial charge is 0.337 e. The molecule has 0 amide bonds. The summed E-state index contributed by atoms with van der Waals surface area (Å²) < 4.78 is 4.81. The predicted octanol–water partition coefficient (Wildman–Crippen LogP) is 4.95. The zero-order chi connectivity index (χ0) is 25.7. The second kappa shape index (κ2) is 10.4. The predicted molar refractivity (Wildman–Crippen MR) is 135 cm³/mol. The van der Waals surface area contributed by atoms with E-state index < -0.39 is 17.9 Å². The number of carbonyl (C=O) groups excluding carboxylic acids is 1. The molecule has 4 rings (SSSR count). The van der Waals surface area contributed by atoms with E-state index in [1.165, 1.54) is 19.3 Å². The Labute approximate surface area is 205 Å². The second-order valence-electron chi connectivity index (χ2n) is 7.70. The second-order valence-corrected chi connectivity index (χ2v) is 7.70. The first kappa shape index (κ1) is 24.0. The Morgan fingerprint density at radius 3 is 1.61 bits per heavy atom. The number of ether oxygens (including phenoxy) is 1. The minimum Gasteiger partial charge on any atom is -0.478 e. The molecule has 1 heterocycles. The number of methoxy groups -OCH3 is 1. The van der Waals surface area contributed by atoms with Gasteiger partial charge in [-0.15, -0.1) is 0 Å². The van der Waals surface area contributed by atoms with Gasteiger partial charge < -0.3 is 14.9 Å². The zero-order valence-corrected chi connectivity index (χ0v) is 19.1. The standard InChI is InChI=1S/C28H20N2O6/c1-36-28(35)21-12-13-22-23(16-21)30-27(20-10-4-18(5-11-20)7-15-25(33)34)26(29-22)19-8-2-17(3-9-19)6-14-24(31)32/h2-16H,1H3,(H,31,32)(H,33,34)/b14-6+,15-7+. The molecule has 0 saturated heterocycles. The molecule has 178 valence electrons. The third-order valence-electron chi connectivity index (χ3n) is 5.29. The quantitative estimate of drug-likeness (QED) is 0.281. The molecule has 3 aromatic carbocycles. The lowest BCUT2D eigenvalue weighted by Crippen LogP contribution is -2.02. The Bertz CT molecular complexity index is 1520. The Kier molecular flexibility index (Phi) is 6.97. The van der Waals surface area contributed by atoms with Gasteiger partial charge >= 0.3 is 17.9 Å². The summed E-state index contributed by atoms with van der Waals surface area (Å²) in [6, 6.07) is 19.3. The third-order valence-corrected chi connectivity index (χ3v) is 5.29. The minimum atomic E-state index is -1.04. The molecule has 0 bridgehead atoms. The van der Waals surface area contributed by atoms with Gasteiger partial charge in [0.1, 0.15) is 0 Å². The summed E-state index contributed by atoms with van der Waals surface area (Å²) in [5.41, 5.74) is 5.52. The van der Waals surface area contributed by atoms with Gasteiger partial charge in [-0.05, 0) is 41.5 Å². The largest absolute Gasteiger partial charge is 0.478 e. The molecule has 36 heavy (non-hydrogen) atoms. The van der Waals surface area contributed by atoms with Crippen molar-refractivity contribution in [3.8, 4) is 22.5 Å². The van der Waals surface area contributed by atoms with Crippen molar-refractivity contribution in [3.05, 3.63) is 95.6 Å². The maximum absolute atomic E-state index is 12.0. The molecule has 0 atom stereocenters. The molecular weight excluding hydrogens is 460 g/mol. The zero-order valence-electron chi connectivity index (χ0n) is 19.1. The van der Waals surface area contributed by atoms with E-state index in [-0.39, 0.29) is 0 Å². The summed E-state index contributed by atoms with van der Waals surface area (Å²) >= 11 is 0. The first-order chi connectivity index (χ1) is 17.3. The van der Waals surface area contributed by atoms with Crippen molar-refractivity contribution in [2.24, 2.45) is 0 Å². The van der Waals surface area contributed by atoms with Crippen molar-refractivity contribution in [2.75, 3.05) is 7.11 Å². The fourth-order valence-electron chi connectivity index (χ4n) is 3.54. The fraction of sp³-hybridized carbons (Fsp3) is 0.0357. The molecule has 0 radical (unpaired) electrons. The van der Waals surface area contributed by atoms with Gasteiger partial charge in [0.15, 0.2) is 0 Å². The lowest BCUT2D eigenvalue weighted by Gasteiger charge is -2.12. The van der Waals surface area contributed by atoms with Crippen LogP contribution in [0.4, 0.5) is 0 Å². The molecule has 0 aliphatic heterocycles. The van der Waals surface area contributed by atoms with Crippen LogP contribution in [0.3, 0.4) is 0 Å². The Morgan fingerprint density at radius 1 is 0.694 bits per heavy atom. The molecule has 0 aliphatic carbocycles. The summed E-state index contributed by atoms with van der Waals surface area (Å²) in [5, 5.41) is 17.7. The van der Waals surface area contributed by atoms with Crippen LogP contribution in [-0.4, -0.2) is 45.2 Å². The van der Waals surface area contributed by atoms with Crippen LogP contribution < -0.4 is 0 Å². The lowest BCUT2D eigenvalue weighted by atomic mass is 10.0. The number of hydrogen-bond donors (Lipinski definition) is 2. The van der Waals surface area contributed by atoms with E-state index in [2.05, 4.69) is 0 Å². The van der Waals surface area contributed by atoms with E-state index in [1.807, 2.05) is 24.3 Å². The van der Waals surface area contributed by atoms with Gasteiger partial charge in [0.2, 0.25) is 0 Å². The van der Waals surface area contributed by atoms with Crippen LogP contribution in [0.15, 0.2) is 78.9 Å². The van der Waals surface area contributed by atoms with Crippen LogP contribution in [0.2, 0.25) is 0 Å². The molecule has 1 aromatic heterocycles. The average Bonchev–Trinajstić information content (AvgIpc) is 2.89. The van der Waals surface area contributed by atoms with Crippen LogP contribution in [-0.2, 0) is 14.3 Å². The van der Waals surface area contributed by atoms with E-state index in [9.17, 15) is 14.4 Å². The van der Waals surface area contributed by atoms with Crippen molar-refractivity contribution in [1.29, 1.82) is 0 Å². The van der Waals surface area contributed by atoms with Gasteiger partial charge in [-0.3, -0.25) is 0 Å². The first-order valence-corrected chi connectivity index (χ1v) is 10.8. The lowest BCUT2D eigenvalue weighted by molar-refractivity contribution is -0.132. The SMILES string of the molecule is COC(=O)c1ccc2nc(-c3ccc(/C=C/C(=O)O)cc3)c(-c3ccc(/C=C/C(=O)O)cc3)nc2c1. The van der Waals surface area contributed by atoms with Crippen molar-refractivity contribution >= 4 is 41.1 Å². The van der Waals surface area contributed by atoms with Crippen LogP contribution in [0, 0.1) is 0 Å². The molecule has 0 fully saturated rings. The van der Waals surface area contributed by atoms with Crippen molar-refractivity contribution in [2.45, 2.75) is 0 Å². The highest BCUT2D eigenvalue weighted by molar-refractivity contribution is 5.95. The molecule has 8 heteroatoms. The first-order valence-electron chi connectivity index (χ1n) is 10.8. The number of hydrogen-bond acceptors (Lipinski definition) is 6. The molecule has 0 saturated carbocycles. The molecule has 4 aromatic rings. The van der Waals surface area contributed by atoms with E-state index in [1.54, 1.807) is 42.5 Å². The number of esters is 1. The minimum absolute atomic E-state index is 0.349. The number of nitrogens with zero attached hydrogens (tertiary/aromatic N) is 2. The number of fused-ring (bicyclic) bond motifs is 1. The Hall–Kier alpha value is -5.11. The summed E-state index contributed by atoms with van der Waals surface area (Å²) in [4.78, 5) is 43.3. The summed E-state index contributed by atoms with van der Waals surface area (Å²) in [5.74, 6) is -2.55. The third kappa shape index (κ3) is 5.51. The molecular formula is C28H20N2O6. The molecule has 0 spiro atoms. The average molecular weight is 480 g/mol. The maximum Gasteiger partial charge on any atom is 0.337 e. The number of carboxylic acids is 2. The number of aromatic nitrogens is 2. The number of aliphatic carboxylic acids is 2. The number of benzene rings is 3. The molecule has 8 nitrogen and oxygen atoms in total. The molecule has 0 aliphatic rings. The highest BCUT2D eigenvalue weighted by Gasteiger charge is 2.15. The summed E-state index contributed by atoms with van der Waals surface area (Å²) in [6.45, 7) is 0. The molecule has 0 unspecified atom stereocenters. The van der Waals surface area contributed by atoms with Crippen LogP contribution in [0.25, 0.3) is 45.7 Å². The number of carbonyl (C=O) groups is 3.